The van der Waals surface area contributed by atoms with Crippen LogP contribution in [0.25, 0.3) is 0 Å². The van der Waals surface area contributed by atoms with Crippen LogP contribution in [-0.2, 0) is 19.9 Å². The maximum atomic E-state index is 12.5. The number of amides is 2. The van der Waals surface area contributed by atoms with Gasteiger partial charge in [0.25, 0.3) is 5.91 Å². The fraction of sp³-hybridized carbons (Fsp3) is 0.357. The molecule has 0 N–H and O–H groups in total. The third kappa shape index (κ3) is 1.64. The molecule has 0 aliphatic carbocycles. The van der Waals surface area contributed by atoms with Crippen LogP contribution in [-0.4, -0.2) is 36.3 Å². The number of likely N-dealkylation sites (tertiary alicyclic amines) is 1. The van der Waals surface area contributed by atoms with Gasteiger partial charge in [0.1, 0.15) is 0 Å². The Morgan fingerprint density at radius 2 is 2.20 bits per heavy atom. The third-order valence-corrected chi connectivity index (χ3v) is 4.16. The number of imide groups is 1. The molecule has 1 atom stereocenters. The molecule has 2 amide bonds. The minimum absolute atomic E-state index is 0.0579. The fourth-order valence-corrected chi connectivity index (χ4v) is 3.05. The van der Waals surface area contributed by atoms with Crippen molar-refractivity contribution in [2.75, 3.05) is 13.7 Å². The number of rotatable bonds is 1. The van der Waals surface area contributed by atoms with Gasteiger partial charge in [-0.25, -0.2) is 4.99 Å². The first kappa shape index (κ1) is 13.3. The summed E-state index contributed by atoms with van der Waals surface area (Å²) < 4.78 is 6.37. The first-order valence-corrected chi connectivity index (χ1v) is 7.13. The van der Waals surface area contributed by atoms with Crippen molar-refractivity contribution in [2.24, 2.45) is 4.99 Å². The molecule has 1 spiro atoms. The van der Waals surface area contributed by atoms with Gasteiger partial charge in [-0.2, -0.15) is 0 Å². The van der Waals surface area contributed by atoms with E-state index in [-0.39, 0.29) is 18.2 Å². The van der Waals surface area contributed by atoms with E-state index in [1.807, 2.05) is 25.1 Å². The van der Waals surface area contributed by atoms with E-state index >= 15 is 0 Å². The van der Waals surface area contributed by atoms with Crippen LogP contribution in [0, 0.1) is 0 Å². The van der Waals surface area contributed by atoms with Crippen LogP contribution in [0.2, 0.25) is 0 Å². The van der Waals surface area contributed by atoms with Gasteiger partial charge in [-0.1, -0.05) is 15.9 Å². The highest BCUT2D eigenvalue weighted by Crippen LogP contribution is 2.44. The number of hydrogen-bond donors (Lipinski definition) is 0. The summed E-state index contributed by atoms with van der Waals surface area (Å²) in [5, 5.41) is 0. The SMILES string of the molecule is CCOC1=NC2(CC(=O)N(C)C2=O)c2cc(Br)ccc21. The molecule has 1 aromatic rings. The van der Waals surface area contributed by atoms with Gasteiger partial charge >= 0.3 is 0 Å². The molecule has 2 aliphatic rings. The number of halogens is 1. The number of likely N-dealkylation sites (N-methyl/N-ethyl adjacent to an activating group) is 1. The molecule has 3 rings (SSSR count). The quantitative estimate of drug-likeness (QED) is 0.735. The highest BCUT2D eigenvalue weighted by molar-refractivity contribution is 9.10. The summed E-state index contributed by atoms with van der Waals surface area (Å²) in [6, 6.07) is 5.57. The van der Waals surface area contributed by atoms with Crippen LogP contribution in [0.4, 0.5) is 0 Å². The molecule has 1 unspecified atom stereocenters. The number of carbonyl (C=O) groups is 2. The van der Waals surface area contributed by atoms with E-state index in [1.165, 1.54) is 7.05 Å². The number of aliphatic imine (C=N–C) groups is 1. The Balaban J connectivity index is 2.21. The number of benzene rings is 1. The molecule has 1 saturated heterocycles. The molecule has 0 saturated carbocycles. The van der Waals surface area contributed by atoms with Crippen LogP contribution >= 0.6 is 15.9 Å². The maximum absolute atomic E-state index is 12.5. The highest BCUT2D eigenvalue weighted by atomic mass is 79.9. The van der Waals surface area contributed by atoms with Crippen molar-refractivity contribution in [3.8, 4) is 0 Å². The van der Waals surface area contributed by atoms with E-state index < -0.39 is 5.54 Å². The number of carbonyl (C=O) groups excluding carboxylic acids is 2. The highest BCUT2D eigenvalue weighted by Gasteiger charge is 2.56. The van der Waals surface area contributed by atoms with Crippen LogP contribution in [0.15, 0.2) is 27.7 Å². The number of hydrogen-bond acceptors (Lipinski definition) is 4. The van der Waals surface area contributed by atoms with Crippen LogP contribution < -0.4 is 0 Å². The van der Waals surface area contributed by atoms with Gasteiger partial charge in [-0.15, -0.1) is 0 Å². The van der Waals surface area contributed by atoms with Gasteiger partial charge in [0.2, 0.25) is 11.8 Å². The largest absolute Gasteiger partial charge is 0.478 e. The Hall–Kier alpha value is -1.69. The standard InChI is InChI=1S/C14H13BrN2O3/c1-3-20-12-9-5-4-8(15)6-10(9)14(16-12)7-11(18)17(2)13(14)19/h4-6H,3,7H2,1-2H3. The van der Waals surface area contributed by atoms with Gasteiger partial charge in [-0.3, -0.25) is 14.5 Å². The molecule has 20 heavy (non-hydrogen) atoms. The van der Waals surface area contributed by atoms with Gasteiger partial charge in [0.05, 0.1) is 13.0 Å². The van der Waals surface area contributed by atoms with Crippen molar-refractivity contribution in [2.45, 2.75) is 18.9 Å². The van der Waals surface area contributed by atoms with Crippen molar-refractivity contribution < 1.29 is 14.3 Å². The van der Waals surface area contributed by atoms with Crippen LogP contribution in [0.3, 0.4) is 0 Å². The Morgan fingerprint density at radius 1 is 1.45 bits per heavy atom. The van der Waals surface area contributed by atoms with Crippen molar-refractivity contribution in [3.63, 3.8) is 0 Å². The van der Waals surface area contributed by atoms with Gasteiger partial charge in [0, 0.05) is 22.6 Å². The summed E-state index contributed by atoms with van der Waals surface area (Å²) in [5.41, 5.74) is 0.375. The molecular formula is C14H13BrN2O3. The average molecular weight is 337 g/mol. The first-order valence-electron chi connectivity index (χ1n) is 6.33. The molecule has 0 radical (unpaired) electrons. The predicted molar refractivity (Wildman–Crippen MR) is 76.4 cm³/mol. The second-order valence-electron chi connectivity index (χ2n) is 4.83. The molecule has 1 aromatic carbocycles. The molecule has 5 nitrogen and oxygen atoms in total. The minimum atomic E-state index is -1.14. The van der Waals surface area contributed by atoms with E-state index in [4.69, 9.17) is 4.74 Å². The smallest absolute Gasteiger partial charge is 0.262 e. The second-order valence-corrected chi connectivity index (χ2v) is 5.75. The lowest BCUT2D eigenvalue weighted by Crippen LogP contribution is -2.34. The lowest BCUT2D eigenvalue weighted by molar-refractivity contribution is -0.138. The second kappa shape index (κ2) is 4.41. The number of nitrogens with zero attached hydrogens (tertiary/aromatic N) is 2. The zero-order valence-electron chi connectivity index (χ0n) is 11.1. The first-order chi connectivity index (χ1) is 9.49. The fourth-order valence-electron chi connectivity index (χ4n) is 2.69. The van der Waals surface area contributed by atoms with Crippen LogP contribution in [0.1, 0.15) is 24.5 Å². The average Bonchev–Trinajstić information content (AvgIpc) is 2.82. The van der Waals surface area contributed by atoms with E-state index in [1.54, 1.807) is 0 Å². The lowest BCUT2D eigenvalue weighted by atomic mass is 9.88. The zero-order valence-corrected chi connectivity index (χ0v) is 12.7. The maximum Gasteiger partial charge on any atom is 0.262 e. The summed E-state index contributed by atoms with van der Waals surface area (Å²) in [4.78, 5) is 30.0. The zero-order chi connectivity index (χ0) is 14.5. The van der Waals surface area contributed by atoms with Crippen molar-refractivity contribution >= 4 is 33.6 Å². The van der Waals surface area contributed by atoms with E-state index in [9.17, 15) is 9.59 Å². The summed E-state index contributed by atoms with van der Waals surface area (Å²) in [7, 11) is 1.49. The molecule has 6 heteroatoms. The Morgan fingerprint density at radius 3 is 2.80 bits per heavy atom. The lowest BCUT2D eigenvalue weighted by Gasteiger charge is -2.18. The van der Waals surface area contributed by atoms with Gasteiger partial charge in [-0.05, 0) is 25.1 Å². The Bertz CT molecular complexity index is 656. The Kier molecular flexibility index (Phi) is 2.93. The van der Waals surface area contributed by atoms with Crippen LogP contribution in [0.5, 0.6) is 0 Å². The van der Waals surface area contributed by atoms with E-state index in [2.05, 4.69) is 20.9 Å². The molecule has 2 heterocycles. The summed E-state index contributed by atoms with van der Waals surface area (Å²) in [6.45, 7) is 2.32. The molecule has 2 aliphatic heterocycles. The normalized spacial score (nSPS) is 24.4. The molecule has 104 valence electrons. The molecular weight excluding hydrogens is 324 g/mol. The topological polar surface area (TPSA) is 59.0 Å². The summed E-state index contributed by atoms with van der Waals surface area (Å²) in [6.07, 6.45) is 0.0579. The summed E-state index contributed by atoms with van der Waals surface area (Å²) in [5.74, 6) is -0.0783. The van der Waals surface area contributed by atoms with Gasteiger partial charge in [0.15, 0.2) is 5.54 Å². The minimum Gasteiger partial charge on any atom is -0.478 e. The van der Waals surface area contributed by atoms with E-state index in [0.29, 0.717) is 12.5 Å². The van der Waals surface area contributed by atoms with E-state index in [0.717, 1.165) is 20.5 Å². The monoisotopic (exact) mass is 336 g/mol. The molecule has 0 bridgehead atoms. The molecule has 1 fully saturated rings. The third-order valence-electron chi connectivity index (χ3n) is 3.67. The van der Waals surface area contributed by atoms with Crippen molar-refractivity contribution in [1.82, 2.24) is 4.90 Å². The number of fused-ring (bicyclic) bond motifs is 2. The summed E-state index contributed by atoms with van der Waals surface area (Å²) >= 11 is 3.40. The van der Waals surface area contributed by atoms with Crippen molar-refractivity contribution in [1.29, 1.82) is 0 Å². The Labute approximate surface area is 124 Å². The van der Waals surface area contributed by atoms with Crippen molar-refractivity contribution in [3.05, 3.63) is 33.8 Å². The van der Waals surface area contributed by atoms with Gasteiger partial charge < -0.3 is 4.74 Å². The number of ether oxygens (including phenoxy) is 1. The molecule has 0 aromatic heterocycles. The predicted octanol–water partition coefficient (Wildman–Crippen LogP) is 1.83.